The van der Waals surface area contributed by atoms with E-state index in [9.17, 15) is 22.8 Å². The van der Waals surface area contributed by atoms with Crippen molar-refractivity contribution in [3.05, 3.63) is 71.0 Å². The monoisotopic (exact) mass is 514 g/mol. The van der Waals surface area contributed by atoms with E-state index in [1.165, 1.54) is 32.4 Å². The van der Waals surface area contributed by atoms with Gasteiger partial charge in [0, 0.05) is 24.9 Å². The van der Waals surface area contributed by atoms with Crippen molar-refractivity contribution in [1.82, 2.24) is 4.98 Å². The Hall–Kier alpha value is -4.08. The van der Waals surface area contributed by atoms with Gasteiger partial charge in [-0.1, -0.05) is 12.5 Å². The van der Waals surface area contributed by atoms with Crippen LogP contribution < -0.4 is 19.5 Å². The van der Waals surface area contributed by atoms with Crippen molar-refractivity contribution >= 4 is 17.4 Å². The number of carbonyl (C=O) groups excluding carboxylic acids is 2. The Morgan fingerprint density at radius 3 is 2.38 bits per heavy atom. The van der Waals surface area contributed by atoms with Gasteiger partial charge in [-0.2, -0.15) is 0 Å². The molecule has 0 radical (unpaired) electrons. The number of hydrogen-bond acceptors (Lipinski definition) is 6. The minimum atomic E-state index is -4.86. The van der Waals surface area contributed by atoms with Crippen molar-refractivity contribution < 1.29 is 37.0 Å². The van der Waals surface area contributed by atoms with Gasteiger partial charge in [0.1, 0.15) is 17.2 Å². The van der Waals surface area contributed by atoms with Crippen molar-refractivity contribution in [2.75, 3.05) is 12.4 Å². The van der Waals surface area contributed by atoms with Crippen LogP contribution in [0.4, 0.5) is 18.9 Å². The maximum atomic E-state index is 13.5. The standard InChI is InChI=1S/C27H25F3N2O5/c1-15-20(17-5-4-6-17)8-10-23(25(15)26(34)32-18-11-12-31-21(13-18)16(2)33)36-22-9-7-19(14-24(22)35-3)37-27(28,29)30/h7-14,17H,4-6H2,1-3H3,(H,31,32,34). The van der Waals surface area contributed by atoms with Crippen molar-refractivity contribution in [1.29, 1.82) is 0 Å². The molecule has 0 aliphatic heterocycles. The SMILES string of the molecule is COc1cc(OC(F)(F)F)ccc1Oc1ccc(C2CCC2)c(C)c1C(=O)Nc1ccnc(C(C)=O)c1. The molecule has 1 aromatic heterocycles. The number of ether oxygens (including phenoxy) is 3. The number of Topliss-reactive ketones (excluding diaryl/α,β-unsaturated/α-hetero) is 1. The topological polar surface area (TPSA) is 86.8 Å². The molecule has 0 atom stereocenters. The average Bonchev–Trinajstić information content (AvgIpc) is 2.79. The number of carbonyl (C=O) groups is 2. The fourth-order valence-electron chi connectivity index (χ4n) is 4.17. The smallest absolute Gasteiger partial charge is 0.493 e. The zero-order chi connectivity index (χ0) is 26.7. The van der Waals surface area contributed by atoms with Gasteiger partial charge in [0.05, 0.1) is 12.7 Å². The van der Waals surface area contributed by atoms with Gasteiger partial charge in [0.2, 0.25) is 0 Å². The van der Waals surface area contributed by atoms with Crippen LogP contribution in [0, 0.1) is 6.92 Å². The van der Waals surface area contributed by atoms with Gasteiger partial charge in [-0.3, -0.25) is 14.6 Å². The van der Waals surface area contributed by atoms with E-state index in [2.05, 4.69) is 15.0 Å². The summed E-state index contributed by atoms with van der Waals surface area (Å²) in [6.45, 7) is 3.21. The Balaban J connectivity index is 1.70. The lowest BCUT2D eigenvalue weighted by Crippen LogP contribution is -2.18. The number of anilines is 1. The van der Waals surface area contributed by atoms with Crippen LogP contribution in [0.2, 0.25) is 0 Å². The summed E-state index contributed by atoms with van der Waals surface area (Å²) < 4.78 is 53.1. The second kappa shape index (κ2) is 10.5. The predicted octanol–water partition coefficient (Wildman–Crippen LogP) is 6.81. The van der Waals surface area contributed by atoms with Gasteiger partial charge in [-0.25, -0.2) is 0 Å². The van der Waals surface area contributed by atoms with Crippen LogP contribution in [-0.2, 0) is 0 Å². The minimum absolute atomic E-state index is 0.00550. The molecule has 1 heterocycles. The molecule has 10 heteroatoms. The van der Waals surface area contributed by atoms with E-state index >= 15 is 0 Å². The third kappa shape index (κ3) is 6.02. The first kappa shape index (κ1) is 26.0. The number of rotatable bonds is 8. The molecule has 4 rings (SSSR count). The molecule has 1 fully saturated rings. The van der Waals surface area contributed by atoms with Gasteiger partial charge in [-0.05, 0) is 67.1 Å². The normalized spacial score (nSPS) is 13.5. The molecule has 0 spiro atoms. The summed E-state index contributed by atoms with van der Waals surface area (Å²) >= 11 is 0. The number of pyridine rings is 1. The molecule has 194 valence electrons. The number of amides is 1. The number of nitrogens with zero attached hydrogens (tertiary/aromatic N) is 1. The lowest BCUT2D eigenvalue weighted by Gasteiger charge is -2.28. The van der Waals surface area contributed by atoms with E-state index in [0.717, 1.165) is 42.5 Å². The summed E-state index contributed by atoms with van der Waals surface area (Å²) in [7, 11) is 1.29. The number of methoxy groups -OCH3 is 1. The van der Waals surface area contributed by atoms with Gasteiger partial charge < -0.3 is 19.5 Å². The van der Waals surface area contributed by atoms with Crippen molar-refractivity contribution in [2.45, 2.75) is 45.4 Å². The lowest BCUT2D eigenvalue weighted by atomic mass is 9.77. The molecule has 37 heavy (non-hydrogen) atoms. The Morgan fingerprint density at radius 1 is 1.03 bits per heavy atom. The Kier molecular flexibility index (Phi) is 7.37. The van der Waals surface area contributed by atoms with Crippen molar-refractivity contribution in [3.8, 4) is 23.0 Å². The van der Waals surface area contributed by atoms with Crippen LogP contribution >= 0.6 is 0 Å². The van der Waals surface area contributed by atoms with Crippen LogP contribution in [0.3, 0.4) is 0 Å². The lowest BCUT2D eigenvalue weighted by molar-refractivity contribution is -0.274. The molecule has 1 aliphatic carbocycles. The molecule has 1 saturated carbocycles. The number of hydrogen-bond donors (Lipinski definition) is 1. The molecule has 1 aliphatic rings. The summed E-state index contributed by atoms with van der Waals surface area (Å²) in [5.74, 6) is -0.552. The fraction of sp³-hybridized carbons (Fsp3) is 0.296. The number of ketones is 1. The third-order valence-electron chi connectivity index (χ3n) is 6.21. The van der Waals surface area contributed by atoms with Crippen LogP contribution in [0.15, 0.2) is 48.7 Å². The first-order chi connectivity index (χ1) is 17.6. The maximum absolute atomic E-state index is 13.5. The van der Waals surface area contributed by atoms with E-state index in [1.807, 2.05) is 13.0 Å². The highest BCUT2D eigenvalue weighted by atomic mass is 19.4. The van der Waals surface area contributed by atoms with Crippen LogP contribution in [0.5, 0.6) is 23.0 Å². The molecule has 0 bridgehead atoms. The Morgan fingerprint density at radius 2 is 1.76 bits per heavy atom. The van der Waals surface area contributed by atoms with Gasteiger partial charge >= 0.3 is 6.36 Å². The molecule has 0 unspecified atom stereocenters. The van der Waals surface area contributed by atoms with Crippen LogP contribution in [-0.4, -0.2) is 30.1 Å². The zero-order valence-electron chi connectivity index (χ0n) is 20.4. The number of benzene rings is 2. The van der Waals surface area contributed by atoms with Crippen LogP contribution in [0.25, 0.3) is 0 Å². The molecule has 1 N–H and O–H groups in total. The van der Waals surface area contributed by atoms with E-state index in [0.29, 0.717) is 11.6 Å². The number of aromatic nitrogens is 1. The quantitative estimate of drug-likeness (QED) is 0.332. The third-order valence-corrected chi connectivity index (χ3v) is 6.21. The van der Waals surface area contributed by atoms with Gasteiger partial charge in [0.15, 0.2) is 17.3 Å². The summed E-state index contributed by atoms with van der Waals surface area (Å²) in [6.07, 6.45) is -0.288. The average molecular weight is 515 g/mol. The number of nitrogens with one attached hydrogen (secondary N) is 1. The van der Waals surface area contributed by atoms with Crippen molar-refractivity contribution in [3.63, 3.8) is 0 Å². The molecule has 0 saturated heterocycles. The van der Waals surface area contributed by atoms with Gasteiger partial charge in [-0.15, -0.1) is 13.2 Å². The molecule has 2 aromatic carbocycles. The fourth-order valence-corrected chi connectivity index (χ4v) is 4.17. The summed E-state index contributed by atoms with van der Waals surface area (Å²) in [6, 6.07) is 10.0. The second-order valence-electron chi connectivity index (χ2n) is 8.68. The Labute approximate surface area is 211 Å². The summed E-state index contributed by atoms with van der Waals surface area (Å²) in [4.78, 5) is 29.2. The summed E-state index contributed by atoms with van der Waals surface area (Å²) in [5, 5.41) is 2.80. The molecular weight excluding hydrogens is 489 g/mol. The number of halogens is 3. The molecule has 1 amide bonds. The maximum Gasteiger partial charge on any atom is 0.573 e. The van der Waals surface area contributed by atoms with Gasteiger partial charge in [0.25, 0.3) is 5.91 Å². The molecule has 3 aromatic rings. The highest BCUT2D eigenvalue weighted by Gasteiger charge is 2.32. The van der Waals surface area contributed by atoms with E-state index in [4.69, 9.17) is 9.47 Å². The molecular formula is C27H25F3N2O5. The number of alkyl halides is 3. The first-order valence-corrected chi connectivity index (χ1v) is 11.6. The minimum Gasteiger partial charge on any atom is -0.493 e. The zero-order valence-corrected chi connectivity index (χ0v) is 20.4. The van der Waals surface area contributed by atoms with E-state index < -0.39 is 18.0 Å². The van der Waals surface area contributed by atoms with E-state index in [-0.39, 0.29) is 34.3 Å². The first-order valence-electron chi connectivity index (χ1n) is 11.6. The van der Waals surface area contributed by atoms with E-state index in [1.54, 1.807) is 12.1 Å². The second-order valence-corrected chi connectivity index (χ2v) is 8.68. The molecule has 7 nitrogen and oxygen atoms in total. The largest absolute Gasteiger partial charge is 0.573 e. The highest BCUT2D eigenvalue weighted by Crippen LogP contribution is 2.43. The van der Waals surface area contributed by atoms with Crippen LogP contribution in [0.1, 0.15) is 64.1 Å². The Bertz CT molecular complexity index is 1340. The summed E-state index contributed by atoms with van der Waals surface area (Å²) in [5.41, 5.74) is 2.62. The highest BCUT2D eigenvalue weighted by molar-refractivity contribution is 6.08. The van der Waals surface area contributed by atoms with Crippen molar-refractivity contribution in [2.24, 2.45) is 0 Å². The predicted molar refractivity (Wildman–Crippen MR) is 130 cm³/mol.